The zero-order valence-electron chi connectivity index (χ0n) is 22.6. The molecule has 4 rings (SSSR count). The highest BCUT2D eigenvalue weighted by Crippen LogP contribution is 2.37. The number of rotatable bonds is 8. The van der Waals surface area contributed by atoms with Crippen molar-refractivity contribution < 1.29 is 13.9 Å². The van der Waals surface area contributed by atoms with E-state index in [4.69, 9.17) is 13.9 Å². The van der Waals surface area contributed by atoms with E-state index in [2.05, 4.69) is 80.7 Å². The maximum Gasteiger partial charge on any atom is 0.300 e. The SMILES string of the molecule is C=C1C=C(CC)c2c(nc(OCc3ccccc3-c3ccc(CO[Si](C)(C)C(C)(C)C)cc3)[nH]c2=O)O1. The van der Waals surface area contributed by atoms with E-state index in [0.717, 1.165) is 27.8 Å². The van der Waals surface area contributed by atoms with E-state index in [-0.39, 0.29) is 29.1 Å². The molecule has 1 aliphatic rings. The maximum atomic E-state index is 12.7. The van der Waals surface area contributed by atoms with Crippen LogP contribution in [-0.4, -0.2) is 18.3 Å². The lowest BCUT2D eigenvalue weighted by molar-refractivity contribution is 0.274. The molecule has 37 heavy (non-hydrogen) atoms. The van der Waals surface area contributed by atoms with Crippen LogP contribution in [-0.2, 0) is 17.6 Å². The van der Waals surface area contributed by atoms with Gasteiger partial charge < -0.3 is 13.9 Å². The Kier molecular flexibility index (Phi) is 7.57. The molecule has 1 aromatic heterocycles. The van der Waals surface area contributed by atoms with Crippen molar-refractivity contribution in [1.29, 1.82) is 0 Å². The second-order valence-electron chi connectivity index (χ2n) is 10.8. The first-order valence-electron chi connectivity index (χ1n) is 12.6. The first-order valence-corrected chi connectivity index (χ1v) is 15.6. The molecule has 1 aliphatic heterocycles. The molecule has 0 radical (unpaired) electrons. The number of benzene rings is 2. The van der Waals surface area contributed by atoms with Crippen molar-refractivity contribution in [3.05, 3.63) is 94.0 Å². The van der Waals surface area contributed by atoms with Crippen molar-refractivity contribution in [2.45, 2.75) is 65.5 Å². The van der Waals surface area contributed by atoms with Gasteiger partial charge in [-0.25, -0.2) is 0 Å². The molecular weight excluding hydrogens is 480 g/mol. The average molecular weight is 517 g/mol. The number of hydrogen-bond acceptors (Lipinski definition) is 5. The van der Waals surface area contributed by atoms with Crippen LogP contribution in [0, 0.1) is 0 Å². The molecule has 2 heterocycles. The van der Waals surface area contributed by atoms with Gasteiger partial charge >= 0.3 is 0 Å². The maximum absolute atomic E-state index is 12.7. The van der Waals surface area contributed by atoms with Gasteiger partial charge in [0.1, 0.15) is 17.9 Å². The van der Waals surface area contributed by atoms with Gasteiger partial charge in [-0.2, -0.15) is 4.98 Å². The minimum Gasteiger partial charge on any atom is -0.460 e. The van der Waals surface area contributed by atoms with E-state index in [1.54, 1.807) is 6.08 Å². The standard InChI is InChI=1S/C30H36N2O4Si/c1-8-22-17-20(2)36-28-26(22)27(33)31-29(32-28)34-19-24-11-9-10-12-25(24)23-15-13-21(14-16-23)18-35-37(6,7)30(3,4)5/h9-17H,2,8,18-19H2,1,3-7H3,(H,31,32,33). The first-order chi connectivity index (χ1) is 17.5. The van der Waals surface area contributed by atoms with Crippen molar-refractivity contribution in [3.63, 3.8) is 0 Å². The summed E-state index contributed by atoms with van der Waals surface area (Å²) in [4.78, 5) is 19.9. The summed E-state index contributed by atoms with van der Waals surface area (Å²) in [5, 5.41) is 0.179. The second-order valence-corrected chi connectivity index (χ2v) is 15.6. The summed E-state index contributed by atoms with van der Waals surface area (Å²) < 4.78 is 17.9. The van der Waals surface area contributed by atoms with E-state index >= 15 is 0 Å². The molecule has 0 saturated heterocycles. The van der Waals surface area contributed by atoms with Gasteiger partial charge in [-0.15, -0.1) is 0 Å². The molecule has 7 heteroatoms. The molecule has 2 aromatic carbocycles. The van der Waals surface area contributed by atoms with Crippen LogP contribution in [0.2, 0.25) is 18.1 Å². The van der Waals surface area contributed by atoms with Crippen LogP contribution in [0.5, 0.6) is 11.9 Å². The molecule has 6 nitrogen and oxygen atoms in total. The topological polar surface area (TPSA) is 73.4 Å². The van der Waals surface area contributed by atoms with E-state index in [1.807, 2.05) is 25.1 Å². The lowest BCUT2D eigenvalue weighted by Gasteiger charge is -2.36. The Hall–Kier alpha value is -3.42. The summed E-state index contributed by atoms with van der Waals surface area (Å²) in [6, 6.07) is 16.6. The summed E-state index contributed by atoms with van der Waals surface area (Å²) in [5.74, 6) is 0.684. The Morgan fingerprint density at radius 1 is 1.05 bits per heavy atom. The summed E-state index contributed by atoms with van der Waals surface area (Å²) in [6.45, 7) is 18.0. The molecule has 0 bridgehead atoms. The fraction of sp³-hybridized carbons (Fsp3) is 0.333. The predicted molar refractivity (Wildman–Crippen MR) is 151 cm³/mol. The van der Waals surface area contributed by atoms with Gasteiger partial charge in [0.15, 0.2) is 8.32 Å². The number of ether oxygens (including phenoxy) is 2. The molecule has 0 fully saturated rings. The number of nitrogens with zero attached hydrogens (tertiary/aromatic N) is 1. The Balaban J connectivity index is 1.49. The van der Waals surface area contributed by atoms with Crippen LogP contribution in [0.4, 0.5) is 0 Å². The van der Waals surface area contributed by atoms with Gasteiger partial charge in [-0.1, -0.05) is 82.8 Å². The third-order valence-electron chi connectivity index (χ3n) is 7.18. The molecule has 194 valence electrons. The van der Waals surface area contributed by atoms with Gasteiger partial charge in [0.2, 0.25) is 5.88 Å². The number of hydrogen-bond donors (Lipinski definition) is 1. The molecule has 0 saturated carbocycles. The zero-order valence-corrected chi connectivity index (χ0v) is 23.6. The van der Waals surface area contributed by atoms with Crippen molar-refractivity contribution in [3.8, 4) is 23.0 Å². The van der Waals surface area contributed by atoms with Crippen molar-refractivity contribution in [2.75, 3.05) is 0 Å². The van der Waals surface area contributed by atoms with Crippen molar-refractivity contribution in [2.24, 2.45) is 0 Å². The Morgan fingerprint density at radius 2 is 1.76 bits per heavy atom. The Labute approximate surface area is 220 Å². The Morgan fingerprint density at radius 3 is 2.43 bits per heavy atom. The van der Waals surface area contributed by atoms with Gasteiger partial charge in [-0.3, -0.25) is 9.78 Å². The third-order valence-corrected chi connectivity index (χ3v) is 11.7. The quantitative estimate of drug-likeness (QED) is 0.320. The Bertz CT molecular complexity index is 1380. The van der Waals surface area contributed by atoms with Crippen LogP contribution in [0.1, 0.15) is 50.8 Å². The summed E-state index contributed by atoms with van der Waals surface area (Å²) >= 11 is 0. The van der Waals surface area contributed by atoms with Gasteiger partial charge in [-0.05, 0) is 58.5 Å². The third kappa shape index (κ3) is 5.94. The van der Waals surface area contributed by atoms with Gasteiger partial charge in [0.25, 0.3) is 11.6 Å². The minimum absolute atomic E-state index is 0.113. The van der Waals surface area contributed by atoms with Crippen LogP contribution >= 0.6 is 0 Å². The molecule has 0 spiro atoms. The number of fused-ring (bicyclic) bond motifs is 1. The average Bonchev–Trinajstić information content (AvgIpc) is 2.85. The van der Waals surface area contributed by atoms with Crippen molar-refractivity contribution in [1.82, 2.24) is 9.97 Å². The fourth-order valence-corrected chi connectivity index (χ4v) is 4.85. The summed E-state index contributed by atoms with van der Waals surface area (Å²) in [5.41, 5.74) is 5.26. The molecule has 0 unspecified atom stereocenters. The monoisotopic (exact) mass is 516 g/mol. The number of H-pyrrole nitrogens is 1. The number of allylic oxidation sites excluding steroid dienone is 2. The minimum atomic E-state index is -1.81. The van der Waals surface area contributed by atoms with Crippen LogP contribution in [0.15, 0.2) is 71.7 Å². The van der Waals surface area contributed by atoms with Gasteiger partial charge in [0, 0.05) is 0 Å². The lowest BCUT2D eigenvalue weighted by Crippen LogP contribution is -2.40. The van der Waals surface area contributed by atoms with Crippen LogP contribution in [0.25, 0.3) is 16.7 Å². The predicted octanol–water partition coefficient (Wildman–Crippen LogP) is 7.24. The number of nitrogens with one attached hydrogen (secondary N) is 1. The second kappa shape index (κ2) is 10.5. The van der Waals surface area contributed by atoms with Crippen LogP contribution in [0.3, 0.4) is 0 Å². The van der Waals surface area contributed by atoms with Gasteiger partial charge in [0.05, 0.1) is 6.61 Å². The normalized spacial score (nSPS) is 13.6. The van der Waals surface area contributed by atoms with E-state index < -0.39 is 8.32 Å². The summed E-state index contributed by atoms with van der Waals surface area (Å²) in [7, 11) is -1.81. The number of aromatic amines is 1. The van der Waals surface area contributed by atoms with E-state index in [9.17, 15) is 4.79 Å². The highest BCUT2D eigenvalue weighted by atomic mass is 28.4. The molecule has 0 amide bonds. The summed E-state index contributed by atoms with van der Waals surface area (Å²) in [6.07, 6.45) is 2.44. The molecule has 0 aliphatic carbocycles. The van der Waals surface area contributed by atoms with E-state index in [0.29, 0.717) is 24.4 Å². The highest BCUT2D eigenvalue weighted by molar-refractivity contribution is 6.74. The first kappa shape index (κ1) is 26.6. The highest BCUT2D eigenvalue weighted by Gasteiger charge is 2.37. The molecular formula is C30H36N2O4Si. The smallest absolute Gasteiger partial charge is 0.300 e. The lowest BCUT2D eigenvalue weighted by atomic mass is 9.99. The van der Waals surface area contributed by atoms with E-state index in [1.165, 1.54) is 0 Å². The molecule has 0 atom stereocenters. The largest absolute Gasteiger partial charge is 0.460 e. The van der Waals surface area contributed by atoms with Crippen LogP contribution < -0.4 is 15.0 Å². The fourth-order valence-electron chi connectivity index (χ4n) is 3.89. The molecule has 1 N–H and O–H groups in total. The number of aromatic nitrogens is 2. The van der Waals surface area contributed by atoms with Crippen molar-refractivity contribution >= 4 is 13.9 Å². The molecule has 3 aromatic rings. The zero-order chi connectivity index (χ0) is 26.8.